The number of hydrogen-bond donors (Lipinski definition) is 1. The van der Waals surface area contributed by atoms with Crippen LogP contribution >= 0.6 is 0 Å². The van der Waals surface area contributed by atoms with Gasteiger partial charge in [0.15, 0.2) is 0 Å². The molecule has 3 nitrogen and oxygen atoms in total. The van der Waals surface area contributed by atoms with Crippen molar-refractivity contribution in [2.75, 3.05) is 19.4 Å². The summed E-state index contributed by atoms with van der Waals surface area (Å²) in [6, 6.07) is 7.69. The molecule has 0 aliphatic carbocycles. The van der Waals surface area contributed by atoms with Gasteiger partial charge in [-0.05, 0) is 30.2 Å². The van der Waals surface area contributed by atoms with Gasteiger partial charge in [0.2, 0.25) is 0 Å². The second kappa shape index (κ2) is 6.66. The van der Waals surface area contributed by atoms with E-state index in [0.29, 0.717) is 24.0 Å². The fraction of sp³-hybridized carbons (Fsp3) is 0.500. The lowest BCUT2D eigenvalue weighted by Crippen LogP contribution is -2.18. The van der Waals surface area contributed by atoms with Crippen molar-refractivity contribution in [3.8, 4) is 5.75 Å². The Morgan fingerprint density at radius 1 is 1.50 bits per heavy atom. The van der Waals surface area contributed by atoms with Gasteiger partial charge in [0.25, 0.3) is 0 Å². The molecular formula is C12H19NO2S. The average Bonchev–Trinajstić information content (AvgIpc) is 2.28. The molecule has 0 heterocycles. The van der Waals surface area contributed by atoms with Crippen LogP contribution in [0.1, 0.15) is 12.5 Å². The van der Waals surface area contributed by atoms with Gasteiger partial charge >= 0.3 is 0 Å². The Labute approximate surface area is 99.4 Å². The minimum absolute atomic E-state index is 0.312. The SMILES string of the molecule is COc1cccc(CS(=O)CC(C)CN)c1. The van der Waals surface area contributed by atoms with E-state index in [1.165, 1.54) is 0 Å². The first-order chi connectivity index (χ1) is 7.65. The third kappa shape index (κ3) is 4.33. The standard InChI is InChI=1S/C12H19NO2S/c1-10(7-13)8-16(14)9-11-4-3-5-12(6-11)15-2/h3-6,10H,7-9,13H2,1-2H3. The zero-order valence-corrected chi connectivity index (χ0v) is 10.6. The van der Waals surface area contributed by atoms with E-state index >= 15 is 0 Å². The Morgan fingerprint density at radius 3 is 2.88 bits per heavy atom. The Kier molecular flexibility index (Phi) is 5.49. The van der Waals surface area contributed by atoms with Gasteiger partial charge in [0.05, 0.1) is 7.11 Å². The summed E-state index contributed by atoms with van der Waals surface area (Å²) in [7, 11) is 0.785. The van der Waals surface area contributed by atoms with Gasteiger partial charge in [0, 0.05) is 22.3 Å². The van der Waals surface area contributed by atoms with Crippen LogP contribution in [-0.4, -0.2) is 23.6 Å². The summed E-state index contributed by atoms with van der Waals surface area (Å²) in [4.78, 5) is 0. The van der Waals surface area contributed by atoms with Crippen molar-refractivity contribution in [3.05, 3.63) is 29.8 Å². The molecule has 0 aromatic heterocycles. The Balaban J connectivity index is 2.55. The van der Waals surface area contributed by atoms with Gasteiger partial charge < -0.3 is 10.5 Å². The summed E-state index contributed by atoms with van der Waals surface area (Å²) < 4.78 is 16.9. The quantitative estimate of drug-likeness (QED) is 0.822. The number of rotatable bonds is 6. The highest BCUT2D eigenvalue weighted by Gasteiger charge is 2.07. The van der Waals surface area contributed by atoms with Gasteiger partial charge in [-0.15, -0.1) is 0 Å². The number of nitrogens with two attached hydrogens (primary N) is 1. The second-order valence-electron chi connectivity index (χ2n) is 3.94. The number of benzene rings is 1. The molecular weight excluding hydrogens is 222 g/mol. The monoisotopic (exact) mass is 241 g/mol. The summed E-state index contributed by atoms with van der Waals surface area (Å²) in [6.07, 6.45) is 0. The van der Waals surface area contributed by atoms with Gasteiger partial charge in [-0.1, -0.05) is 19.1 Å². The fourth-order valence-electron chi connectivity index (χ4n) is 1.39. The molecule has 4 heteroatoms. The highest BCUT2D eigenvalue weighted by Crippen LogP contribution is 2.14. The predicted octanol–water partition coefficient (Wildman–Crippen LogP) is 1.54. The van der Waals surface area contributed by atoms with E-state index in [1.807, 2.05) is 31.2 Å². The van der Waals surface area contributed by atoms with Crippen LogP contribution in [0.3, 0.4) is 0 Å². The van der Waals surface area contributed by atoms with Gasteiger partial charge in [-0.25, -0.2) is 0 Å². The van der Waals surface area contributed by atoms with Crippen molar-refractivity contribution in [1.82, 2.24) is 0 Å². The minimum Gasteiger partial charge on any atom is -0.497 e. The molecule has 0 radical (unpaired) electrons. The van der Waals surface area contributed by atoms with Crippen LogP contribution in [0.5, 0.6) is 5.75 Å². The molecule has 0 saturated heterocycles. The summed E-state index contributed by atoms with van der Waals surface area (Å²) in [5, 5.41) is 0. The molecule has 0 amide bonds. The molecule has 0 aliphatic heterocycles. The third-order valence-electron chi connectivity index (χ3n) is 2.33. The maximum absolute atomic E-state index is 11.8. The van der Waals surface area contributed by atoms with E-state index in [1.54, 1.807) is 7.11 Å². The maximum atomic E-state index is 11.8. The first kappa shape index (κ1) is 13.2. The summed E-state index contributed by atoms with van der Waals surface area (Å²) >= 11 is 0. The zero-order valence-electron chi connectivity index (χ0n) is 9.81. The molecule has 2 atom stereocenters. The van der Waals surface area contributed by atoms with E-state index < -0.39 is 10.8 Å². The lowest BCUT2D eigenvalue weighted by atomic mass is 10.2. The summed E-state index contributed by atoms with van der Waals surface area (Å²) in [5.74, 6) is 2.35. The zero-order chi connectivity index (χ0) is 12.0. The Bertz CT molecular complexity index is 355. The first-order valence-electron chi connectivity index (χ1n) is 5.33. The molecule has 0 aliphatic rings. The van der Waals surface area contributed by atoms with E-state index in [9.17, 15) is 4.21 Å². The van der Waals surface area contributed by atoms with Crippen LogP contribution in [0.15, 0.2) is 24.3 Å². The molecule has 1 rings (SSSR count). The topological polar surface area (TPSA) is 52.3 Å². The molecule has 0 fully saturated rings. The van der Waals surface area contributed by atoms with Crippen molar-refractivity contribution < 1.29 is 8.95 Å². The molecule has 0 bridgehead atoms. The lowest BCUT2D eigenvalue weighted by molar-refractivity contribution is 0.414. The highest BCUT2D eigenvalue weighted by atomic mass is 32.2. The van der Waals surface area contributed by atoms with Crippen molar-refractivity contribution in [2.45, 2.75) is 12.7 Å². The molecule has 1 aromatic carbocycles. The number of ether oxygens (including phenoxy) is 1. The second-order valence-corrected chi connectivity index (χ2v) is 5.44. The predicted molar refractivity (Wildman–Crippen MR) is 67.9 cm³/mol. The number of hydrogen-bond acceptors (Lipinski definition) is 3. The van der Waals surface area contributed by atoms with Crippen molar-refractivity contribution >= 4 is 10.8 Å². The molecule has 2 unspecified atom stereocenters. The average molecular weight is 241 g/mol. The van der Waals surface area contributed by atoms with E-state index in [4.69, 9.17) is 10.5 Å². The molecule has 0 spiro atoms. The summed E-state index contributed by atoms with van der Waals surface area (Å²) in [6.45, 7) is 2.60. The van der Waals surface area contributed by atoms with Gasteiger partial charge in [-0.3, -0.25) is 4.21 Å². The van der Waals surface area contributed by atoms with E-state index in [0.717, 1.165) is 11.3 Å². The van der Waals surface area contributed by atoms with Crippen LogP contribution in [0.25, 0.3) is 0 Å². The smallest absolute Gasteiger partial charge is 0.119 e. The first-order valence-corrected chi connectivity index (χ1v) is 6.82. The largest absolute Gasteiger partial charge is 0.497 e. The fourth-order valence-corrected chi connectivity index (χ4v) is 2.83. The maximum Gasteiger partial charge on any atom is 0.119 e. The molecule has 16 heavy (non-hydrogen) atoms. The Hall–Kier alpha value is -0.870. The molecule has 90 valence electrons. The third-order valence-corrected chi connectivity index (χ3v) is 3.93. The molecule has 2 N–H and O–H groups in total. The summed E-state index contributed by atoms with van der Waals surface area (Å²) in [5.41, 5.74) is 6.55. The Morgan fingerprint density at radius 2 is 2.25 bits per heavy atom. The van der Waals surface area contributed by atoms with Crippen LogP contribution in [0, 0.1) is 5.92 Å². The normalized spacial score (nSPS) is 14.4. The van der Waals surface area contributed by atoms with Crippen molar-refractivity contribution in [3.63, 3.8) is 0 Å². The number of methoxy groups -OCH3 is 1. The lowest BCUT2D eigenvalue weighted by Gasteiger charge is -2.08. The van der Waals surface area contributed by atoms with Crippen molar-refractivity contribution in [2.24, 2.45) is 11.7 Å². The minimum atomic E-state index is -0.847. The molecule has 1 aromatic rings. The molecule has 0 saturated carbocycles. The highest BCUT2D eigenvalue weighted by molar-refractivity contribution is 7.84. The van der Waals surface area contributed by atoms with Crippen molar-refractivity contribution in [1.29, 1.82) is 0 Å². The van der Waals surface area contributed by atoms with E-state index in [2.05, 4.69) is 0 Å². The van der Waals surface area contributed by atoms with Crippen LogP contribution < -0.4 is 10.5 Å². The van der Waals surface area contributed by atoms with Crippen LogP contribution in [0.2, 0.25) is 0 Å². The van der Waals surface area contributed by atoms with E-state index in [-0.39, 0.29) is 0 Å². The van der Waals surface area contributed by atoms with Crippen LogP contribution in [0.4, 0.5) is 0 Å². The van der Waals surface area contributed by atoms with Gasteiger partial charge in [-0.2, -0.15) is 0 Å². The van der Waals surface area contributed by atoms with Gasteiger partial charge in [0.1, 0.15) is 5.75 Å². The van der Waals surface area contributed by atoms with Crippen LogP contribution in [-0.2, 0) is 16.6 Å².